The number of hydrogen-bond donors (Lipinski definition) is 2. The molecule has 0 bridgehead atoms. The van der Waals surface area contributed by atoms with Crippen LogP contribution in [0.4, 0.5) is 0 Å². The number of benzene rings is 1. The lowest BCUT2D eigenvalue weighted by Crippen LogP contribution is -2.37. The van der Waals surface area contributed by atoms with Crippen molar-refractivity contribution < 1.29 is 0 Å². The zero-order valence-corrected chi connectivity index (χ0v) is 16.2. The summed E-state index contributed by atoms with van der Waals surface area (Å²) in [5, 5.41) is 6.57. The summed E-state index contributed by atoms with van der Waals surface area (Å²) in [6.45, 7) is 7.58. The molecule has 0 amide bonds. The average Bonchev–Trinajstić information content (AvgIpc) is 3.04. The van der Waals surface area contributed by atoms with Gasteiger partial charge in [0.25, 0.3) is 0 Å². The number of nitrogens with one attached hydrogen (secondary N) is 2. The number of hydrogen-bond acceptors (Lipinski definition) is 2. The van der Waals surface area contributed by atoms with Crippen molar-refractivity contribution in [3.63, 3.8) is 0 Å². The molecule has 126 valence electrons. The van der Waals surface area contributed by atoms with E-state index in [1.54, 1.807) is 6.20 Å². The fourth-order valence-corrected chi connectivity index (χ4v) is 2.10. The Bertz CT molecular complexity index is 563. The lowest BCUT2D eigenvalue weighted by Gasteiger charge is -2.10. The van der Waals surface area contributed by atoms with E-state index in [2.05, 4.69) is 63.3 Å². The number of nitrogens with zero attached hydrogens (tertiary/aromatic N) is 3. The minimum Gasteiger partial charge on any atom is -0.357 e. The molecular formula is C17H26IN5. The van der Waals surface area contributed by atoms with Crippen LogP contribution in [0.1, 0.15) is 31.4 Å². The van der Waals surface area contributed by atoms with Crippen molar-refractivity contribution >= 4 is 29.9 Å². The second-order valence-electron chi connectivity index (χ2n) is 5.17. The van der Waals surface area contributed by atoms with Gasteiger partial charge in [-0.2, -0.15) is 0 Å². The average molecular weight is 427 g/mol. The van der Waals surface area contributed by atoms with E-state index in [1.807, 2.05) is 12.5 Å². The van der Waals surface area contributed by atoms with Crippen LogP contribution in [0, 0.1) is 0 Å². The SMILES string of the molecule is CCCNC(=NCc1ccc(Cn2ccnc2)cc1)NCC.I. The van der Waals surface area contributed by atoms with Crippen molar-refractivity contribution in [2.45, 2.75) is 33.4 Å². The Morgan fingerprint density at radius 2 is 1.87 bits per heavy atom. The molecule has 0 aliphatic heterocycles. The van der Waals surface area contributed by atoms with Crippen LogP contribution in [-0.2, 0) is 13.1 Å². The standard InChI is InChI=1S/C17H25N5.HI/c1-3-9-20-17(19-4-2)21-12-15-5-7-16(8-6-15)13-22-11-10-18-14-22;/h5-8,10-11,14H,3-4,9,12-13H2,1-2H3,(H2,19,20,21);1H. The lowest BCUT2D eigenvalue weighted by molar-refractivity contribution is 0.784. The fraction of sp³-hybridized carbons (Fsp3) is 0.412. The summed E-state index contributed by atoms with van der Waals surface area (Å²) in [7, 11) is 0. The zero-order valence-electron chi connectivity index (χ0n) is 13.8. The summed E-state index contributed by atoms with van der Waals surface area (Å²) in [5.74, 6) is 0.881. The highest BCUT2D eigenvalue weighted by molar-refractivity contribution is 14.0. The molecule has 2 N–H and O–H groups in total. The van der Waals surface area contributed by atoms with Gasteiger partial charge < -0.3 is 15.2 Å². The number of guanidine groups is 1. The van der Waals surface area contributed by atoms with E-state index >= 15 is 0 Å². The quantitative estimate of drug-likeness (QED) is 0.406. The largest absolute Gasteiger partial charge is 0.357 e. The monoisotopic (exact) mass is 427 g/mol. The molecule has 2 aromatic rings. The minimum absolute atomic E-state index is 0. The van der Waals surface area contributed by atoms with Crippen LogP contribution in [0.25, 0.3) is 0 Å². The predicted molar refractivity (Wildman–Crippen MR) is 106 cm³/mol. The molecule has 6 heteroatoms. The van der Waals surface area contributed by atoms with Crippen LogP contribution in [0.5, 0.6) is 0 Å². The summed E-state index contributed by atoms with van der Waals surface area (Å²) in [6, 6.07) is 8.58. The van der Waals surface area contributed by atoms with E-state index in [0.717, 1.165) is 32.0 Å². The van der Waals surface area contributed by atoms with E-state index in [-0.39, 0.29) is 24.0 Å². The molecule has 23 heavy (non-hydrogen) atoms. The summed E-state index contributed by atoms with van der Waals surface area (Å²) >= 11 is 0. The Balaban J connectivity index is 0.00000264. The van der Waals surface area contributed by atoms with E-state index < -0.39 is 0 Å². The van der Waals surface area contributed by atoms with Gasteiger partial charge in [-0.25, -0.2) is 9.98 Å². The first kappa shape index (κ1) is 19.5. The molecule has 1 heterocycles. The van der Waals surface area contributed by atoms with Crippen molar-refractivity contribution in [3.8, 4) is 0 Å². The van der Waals surface area contributed by atoms with Crippen molar-refractivity contribution in [2.75, 3.05) is 13.1 Å². The van der Waals surface area contributed by atoms with Gasteiger partial charge in [0.1, 0.15) is 0 Å². The summed E-state index contributed by atoms with van der Waals surface area (Å²) in [5.41, 5.74) is 2.48. The second-order valence-corrected chi connectivity index (χ2v) is 5.17. The second kappa shape index (κ2) is 11.0. The maximum Gasteiger partial charge on any atom is 0.191 e. The summed E-state index contributed by atoms with van der Waals surface area (Å²) in [6.07, 6.45) is 6.70. The molecule has 0 unspecified atom stereocenters. The van der Waals surface area contributed by atoms with Crippen molar-refractivity contribution in [1.82, 2.24) is 20.2 Å². The molecule has 1 aromatic heterocycles. The number of halogens is 1. The van der Waals surface area contributed by atoms with Crippen LogP contribution in [-0.4, -0.2) is 28.6 Å². The third kappa shape index (κ3) is 7.02. The van der Waals surface area contributed by atoms with Crippen LogP contribution in [0.2, 0.25) is 0 Å². The minimum atomic E-state index is 0. The maximum atomic E-state index is 4.61. The van der Waals surface area contributed by atoms with Crippen LogP contribution < -0.4 is 10.6 Å². The predicted octanol–water partition coefficient (Wildman–Crippen LogP) is 3.01. The van der Waals surface area contributed by atoms with Gasteiger partial charge in [-0.3, -0.25) is 0 Å². The number of rotatable bonds is 7. The maximum absolute atomic E-state index is 4.61. The first-order chi connectivity index (χ1) is 10.8. The summed E-state index contributed by atoms with van der Waals surface area (Å²) < 4.78 is 2.06. The van der Waals surface area contributed by atoms with Crippen molar-refractivity contribution in [1.29, 1.82) is 0 Å². The van der Waals surface area contributed by atoms with Gasteiger partial charge in [-0.1, -0.05) is 31.2 Å². The highest BCUT2D eigenvalue weighted by Crippen LogP contribution is 2.07. The Morgan fingerprint density at radius 1 is 1.13 bits per heavy atom. The van der Waals surface area contributed by atoms with Crippen LogP contribution >= 0.6 is 24.0 Å². The molecule has 0 saturated carbocycles. The third-order valence-corrected chi connectivity index (χ3v) is 3.25. The first-order valence-electron chi connectivity index (χ1n) is 7.87. The van der Waals surface area contributed by atoms with Gasteiger partial charge in [-0.15, -0.1) is 24.0 Å². The molecule has 5 nitrogen and oxygen atoms in total. The molecule has 0 aliphatic rings. The molecule has 0 atom stereocenters. The molecule has 0 saturated heterocycles. The van der Waals surface area contributed by atoms with E-state index in [4.69, 9.17) is 0 Å². The topological polar surface area (TPSA) is 54.2 Å². The van der Waals surface area contributed by atoms with Crippen molar-refractivity contribution in [3.05, 3.63) is 54.1 Å². The highest BCUT2D eigenvalue weighted by Gasteiger charge is 1.98. The smallest absolute Gasteiger partial charge is 0.191 e. The van der Waals surface area contributed by atoms with Gasteiger partial charge in [0.15, 0.2) is 5.96 Å². The lowest BCUT2D eigenvalue weighted by atomic mass is 10.1. The zero-order chi connectivity index (χ0) is 15.6. The molecule has 2 rings (SSSR count). The van der Waals surface area contributed by atoms with Gasteiger partial charge in [-0.05, 0) is 24.5 Å². The van der Waals surface area contributed by atoms with E-state index in [0.29, 0.717) is 6.54 Å². The van der Waals surface area contributed by atoms with Crippen molar-refractivity contribution in [2.24, 2.45) is 4.99 Å². The highest BCUT2D eigenvalue weighted by atomic mass is 127. The molecule has 0 radical (unpaired) electrons. The third-order valence-electron chi connectivity index (χ3n) is 3.25. The molecule has 0 aliphatic carbocycles. The Kier molecular flexibility index (Phi) is 9.35. The number of aliphatic imine (C=N–C) groups is 1. The number of imidazole rings is 1. The fourth-order valence-electron chi connectivity index (χ4n) is 2.10. The van der Waals surface area contributed by atoms with Crippen LogP contribution in [0.3, 0.4) is 0 Å². The van der Waals surface area contributed by atoms with Gasteiger partial charge in [0.2, 0.25) is 0 Å². The molecule has 1 aromatic carbocycles. The van der Waals surface area contributed by atoms with E-state index in [9.17, 15) is 0 Å². The number of aromatic nitrogens is 2. The molecule has 0 fully saturated rings. The van der Waals surface area contributed by atoms with Gasteiger partial charge in [0, 0.05) is 32.0 Å². The Hall–Kier alpha value is -1.57. The van der Waals surface area contributed by atoms with Gasteiger partial charge in [0.05, 0.1) is 12.9 Å². The Labute approximate surface area is 155 Å². The van der Waals surface area contributed by atoms with Gasteiger partial charge >= 0.3 is 0 Å². The van der Waals surface area contributed by atoms with E-state index in [1.165, 1.54) is 11.1 Å². The normalized spacial score (nSPS) is 11.0. The Morgan fingerprint density at radius 3 is 2.48 bits per heavy atom. The molecular weight excluding hydrogens is 401 g/mol. The van der Waals surface area contributed by atoms with Crippen LogP contribution in [0.15, 0.2) is 48.0 Å². The summed E-state index contributed by atoms with van der Waals surface area (Å²) in [4.78, 5) is 8.66. The first-order valence-corrected chi connectivity index (χ1v) is 7.87. The molecule has 0 spiro atoms.